The van der Waals surface area contributed by atoms with Crippen molar-refractivity contribution in [3.05, 3.63) is 62.9 Å². The zero-order valence-corrected chi connectivity index (χ0v) is 19.6. The molecule has 0 aliphatic carbocycles. The molecule has 3 rings (SSSR count). The molecule has 0 aliphatic rings. The van der Waals surface area contributed by atoms with Crippen molar-refractivity contribution in [2.24, 2.45) is 7.05 Å². The summed E-state index contributed by atoms with van der Waals surface area (Å²) in [4.78, 5) is 16.1. The summed E-state index contributed by atoms with van der Waals surface area (Å²) < 4.78 is 46.4. The van der Waals surface area contributed by atoms with Gasteiger partial charge in [-0.1, -0.05) is 42.3 Å². The smallest absolute Gasteiger partial charge is 0.416 e. The number of rotatable bonds is 6. The maximum absolute atomic E-state index is 13.0. The van der Waals surface area contributed by atoms with Crippen molar-refractivity contribution in [2.45, 2.75) is 51.8 Å². The highest BCUT2D eigenvalue weighted by atomic mass is 35.5. The summed E-state index contributed by atoms with van der Waals surface area (Å²) >= 11 is 12.3. The van der Waals surface area contributed by atoms with E-state index in [1.807, 2.05) is 43.7 Å². The van der Waals surface area contributed by atoms with E-state index in [-0.39, 0.29) is 34.5 Å². The lowest BCUT2D eigenvalue weighted by atomic mass is 9.90. The van der Waals surface area contributed by atoms with Gasteiger partial charge in [0.2, 0.25) is 0 Å². The number of nitrogens with zero attached hydrogens (tertiary/aromatic N) is 2. The van der Waals surface area contributed by atoms with Crippen molar-refractivity contribution in [3.8, 4) is 0 Å². The number of benzene rings is 2. The van der Waals surface area contributed by atoms with Crippen LogP contribution < -0.4 is 0 Å². The number of carbonyl (C=O) groups excluding carboxylic acids is 1. The van der Waals surface area contributed by atoms with Crippen LogP contribution in [-0.2, 0) is 29.2 Å². The number of carbonyl (C=O) groups is 1. The Hall–Kier alpha value is -2.25. The lowest BCUT2D eigenvalue weighted by Crippen LogP contribution is -2.21. The van der Waals surface area contributed by atoms with Crippen molar-refractivity contribution < 1.29 is 22.7 Å². The van der Waals surface area contributed by atoms with E-state index in [0.29, 0.717) is 11.4 Å². The molecule has 2 aromatic carbocycles. The largest absolute Gasteiger partial charge is 0.462 e. The predicted molar refractivity (Wildman–Crippen MR) is 119 cm³/mol. The van der Waals surface area contributed by atoms with Gasteiger partial charge in [-0.15, -0.1) is 0 Å². The Labute approximate surface area is 194 Å². The molecule has 0 radical (unpaired) electrons. The first-order valence-electron chi connectivity index (χ1n) is 10.1. The first-order valence-corrected chi connectivity index (χ1v) is 10.9. The van der Waals surface area contributed by atoms with Crippen LogP contribution >= 0.6 is 23.2 Å². The Morgan fingerprint density at radius 3 is 2.38 bits per heavy atom. The summed E-state index contributed by atoms with van der Waals surface area (Å²) in [6, 6.07) is 7.48. The number of hydrogen-bond acceptors (Lipinski definition) is 3. The first-order chi connectivity index (χ1) is 14.9. The molecule has 1 heterocycles. The van der Waals surface area contributed by atoms with E-state index in [1.165, 1.54) is 6.92 Å². The molecule has 9 heteroatoms. The van der Waals surface area contributed by atoms with E-state index in [2.05, 4.69) is 4.98 Å². The van der Waals surface area contributed by atoms with E-state index in [4.69, 9.17) is 27.9 Å². The Morgan fingerprint density at radius 2 is 1.84 bits per heavy atom. The Morgan fingerprint density at radius 1 is 1.22 bits per heavy atom. The minimum absolute atomic E-state index is 0.0518. The predicted octanol–water partition coefficient (Wildman–Crippen LogP) is 6.93. The van der Waals surface area contributed by atoms with E-state index in [1.54, 1.807) is 0 Å². The van der Waals surface area contributed by atoms with Gasteiger partial charge in [-0.25, -0.2) is 4.98 Å². The van der Waals surface area contributed by atoms with E-state index < -0.39 is 11.7 Å². The third kappa shape index (κ3) is 4.89. The van der Waals surface area contributed by atoms with Gasteiger partial charge in [0.05, 0.1) is 16.6 Å². The minimum Gasteiger partial charge on any atom is -0.462 e. The van der Waals surface area contributed by atoms with Gasteiger partial charge in [0.15, 0.2) is 0 Å². The highest BCUT2D eigenvalue weighted by Gasteiger charge is 2.32. The van der Waals surface area contributed by atoms with E-state index in [0.717, 1.165) is 35.2 Å². The van der Waals surface area contributed by atoms with Crippen molar-refractivity contribution in [1.82, 2.24) is 9.55 Å². The van der Waals surface area contributed by atoms with Gasteiger partial charge in [-0.3, -0.25) is 4.79 Å². The molecular formula is C23H23Cl2F3N2O2. The standard InChI is InChI=1S/C23H23Cl2F3N2O2/c1-5-15(12(2)32-13(3)31)16-7-6-8-20-22(16)30(4)21(29-20)11-17-18(24)9-14(10-19(17)25)23(26,27)28/h6-10,12,15H,5,11H2,1-4H3. The molecule has 3 aromatic rings. The summed E-state index contributed by atoms with van der Waals surface area (Å²) in [5.74, 6) is 0.204. The zero-order chi connectivity index (χ0) is 23.8. The molecule has 2 atom stereocenters. The lowest BCUT2D eigenvalue weighted by molar-refractivity contribution is -0.146. The summed E-state index contributed by atoms with van der Waals surface area (Å²) in [6.07, 6.45) is -3.96. The fourth-order valence-corrected chi connectivity index (χ4v) is 4.67. The molecule has 0 saturated heterocycles. The van der Waals surface area contributed by atoms with Crippen LogP contribution in [0.15, 0.2) is 30.3 Å². The maximum Gasteiger partial charge on any atom is 0.416 e. The molecular weight excluding hydrogens is 464 g/mol. The topological polar surface area (TPSA) is 44.1 Å². The number of aryl methyl sites for hydroxylation is 1. The number of halogens is 5. The van der Waals surface area contributed by atoms with E-state index in [9.17, 15) is 18.0 Å². The van der Waals surface area contributed by atoms with Gasteiger partial charge in [0.25, 0.3) is 0 Å². The van der Waals surface area contributed by atoms with Gasteiger partial charge < -0.3 is 9.30 Å². The lowest BCUT2D eigenvalue weighted by Gasteiger charge is -2.24. The van der Waals surface area contributed by atoms with Crippen LogP contribution in [0.3, 0.4) is 0 Å². The SMILES string of the molecule is CCC(c1cccc2nc(Cc3c(Cl)cc(C(F)(F)F)cc3Cl)n(C)c12)C(C)OC(C)=O. The van der Waals surface area contributed by atoms with Crippen LogP contribution in [0.5, 0.6) is 0 Å². The Balaban J connectivity index is 2.05. The van der Waals surface area contributed by atoms with Gasteiger partial charge in [-0.2, -0.15) is 13.2 Å². The zero-order valence-electron chi connectivity index (χ0n) is 18.1. The molecule has 0 aliphatic heterocycles. The van der Waals surface area contributed by atoms with Crippen LogP contribution in [0.2, 0.25) is 10.0 Å². The molecule has 0 amide bonds. The van der Waals surface area contributed by atoms with Crippen molar-refractivity contribution in [1.29, 1.82) is 0 Å². The number of fused-ring (bicyclic) bond motifs is 1. The summed E-state index contributed by atoms with van der Waals surface area (Å²) in [5.41, 5.74) is 2.06. The molecule has 32 heavy (non-hydrogen) atoms. The highest BCUT2D eigenvalue weighted by Crippen LogP contribution is 2.37. The average Bonchev–Trinajstić information content (AvgIpc) is 3.00. The second kappa shape index (κ2) is 9.32. The third-order valence-electron chi connectivity index (χ3n) is 5.58. The Bertz CT molecular complexity index is 1140. The fraction of sp³-hybridized carbons (Fsp3) is 0.391. The van der Waals surface area contributed by atoms with Gasteiger partial charge >= 0.3 is 12.1 Å². The number of esters is 1. The molecule has 0 spiro atoms. The van der Waals surface area contributed by atoms with Crippen molar-refractivity contribution in [2.75, 3.05) is 0 Å². The normalized spacial score (nSPS) is 13.9. The summed E-state index contributed by atoms with van der Waals surface area (Å²) in [5, 5.41) is -0.126. The second-order valence-electron chi connectivity index (χ2n) is 7.72. The van der Waals surface area contributed by atoms with Crippen LogP contribution in [0.25, 0.3) is 11.0 Å². The van der Waals surface area contributed by atoms with Crippen LogP contribution in [0.1, 0.15) is 55.6 Å². The number of hydrogen-bond donors (Lipinski definition) is 0. The number of imidazole rings is 1. The molecule has 2 unspecified atom stereocenters. The number of alkyl halides is 3. The van der Waals surface area contributed by atoms with E-state index >= 15 is 0 Å². The molecule has 172 valence electrons. The summed E-state index contributed by atoms with van der Waals surface area (Å²) in [7, 11) is 1.84. The number of ether oxygens (including phenoxy) is 1. The molecule has 0 saturated carbocycles. The molecule has 4 nitrogen and oxygen atoms in total. The monoisotopic (exact) mass is 486 g/mol. The fourth-order valence-electron chi connectivity index (χ4n) is 4.05. The molecule has 0 bridgehead atoms. The highest BCUT2D eigenvalue weighted by molar-refractivity contribution is 6.36. The van der Waals surface area contributed by atoms with Gasteiger partial charge in [0, 0.05) is 36.4 Å². The van der Waals surface area contributed by atoms with Crippen molar-refractivity contribution >= 4 is 40.2 Å². The third-order valence-corrected chi connectivity index (χ3v) is 6.25. The first kappa shape index (κ1) is 24.4. The minimum atomic E-state index is -4.54. The van der Waals surface area contributed by atoms with Crippen LogP contribution in [0.4, 0.5) is 13.2 Å². The molecule has 0 N–H and O–H groups in total. The number of aromatic nitrogens is 2. The average molecular weight is 487 g/mol. The van der Waals surface area contributed by atoms with Gasteiger partial charge in [0.1, 0.15) is 11.9 Å². The summed E-state index contributed by atoms with van der Waals surface area (Å²) in [6.45, 7) is 5.25. The second-order valence-corrected chi connectivity index (χ2v) is 8.54. The Kier molecular flexibility index (Phi) is 7.10. The van der Waals surface area contributed by atoms with Gasteiger partial charge in [-0.05, 0) is 42.7 Å². The van der Waals surface area contributed by atoms with Crippen molar-refractivity contribution in [3.63, 3.8) is 0 Å². The maximum atomic E-state index is 13.0. The molecule has 1 aromatic heterocycles. The molecule has 0 fully saturated rings. The number of para-hydroxylation sites is 1. The van der Waals surface area contributed by atoms with Crippen LogP contribution in [-0.4, -0.2) is 21.6 Å². The van der Waals surface area contributed by atoms with Crippen LogP contribution in [0, 0.1) is 0 Å². The quantitative estimate of drug-likeness (QED) is 0.354.